The minimum absolute atomic E-state index is 0.197. The lowest BCUT2D eigenvalue weighted by molar-refractivity contribution is 0.578. The van der Waals surface area contributed by atoms with Crippen molar-refractivity contribution in [3.63, 3.8) is 0 Å². The van der Waals surface area contributed by atoms with Crippen molar-refractivity contribution in [3.05, 3.63) is 70.8 Å². The second kappa shape index (κ2) is 6.74. The lowest BCUT2D eigenvalue weighted by Gasteiger charge is -2.17. The van der Waals surface area contributed by atoms with Gasteiger partial charge in [-0.2, -0.15) is 0 Å². The van der Waals surface area contributed by atoms with Crippen LogP contribution >= 0.6 is 11.6 Å². The van der Waals surface area contributed by atoms with Crippen molar-refractivity contribution in [1.82, 2.24) is 5.32 Å². The summed E-state index contributed by atoms with van der Waals surface area (Å²) in [5.74, 6) is 0.578. The summed E-state index contributed by atoms with van der Waals surface area (Å²) in [4.78, 5) is 0. The highest BCUT2D eigenvalue weighted by molar-refractivity contribution is 6.18. The van der Waals surface area contributed by atoms with Crippen LogP contribution in [0.3, 0.4) is 0 Å². The van der Waals surface area contributed by atoms with Gasteiger partial charge in [-0.25, -0.2) is 0 Å². The van der Waals surface area contributed by atoms with Gasteiger partial charge >= 0.3 is 0 Å². The van der Waals surface area contributed by atoms with Gasteiger partial charge in [0.15, 0.2) is 0 Å². The van der Waals surface area contributed by atoms with Gasteiger partial charge in [-0.05, 0) is 30.5 Å². The first-order valence-electron chi connectivity index (χ1n) is 6.61. The minimum atomic E-state index is 0.197. The van der Waals surface area contributed by atoms with Gasteiger partial charge in [0.1, 0.15) is 0 Å². The summed E-state index contributed by atoms with van der Waals surface area (Å²) in [6.07, 6.45) is 0. The number of alkyl halides is 1. The number of benzene rings is 2. The van der Waals surface area contributed by atoms with Crippen LogP contribution in [0.1, 0.15) is 28.3 Å². The van der Waals surface area contributed by atoms with E-state index in [0.29, 0.717) is 5.88 Å². The van der Waals surface area contributed by atoms with Crippen LogP contribution < -0.4 is 5.32 Å². The van der Waals surface area contributed by atoms with Crippen molar-refractivity contribution in [1.29, 1.82) is 0 Å². The fourth-order valence-corrected chi connectivity index (χ4v) is 2.46. The highest BCUT2D eigenvalue weighted by Gasteiger charge is 2.09. The van der Waals surface area contributed by atoms with Crippen LogP contribution in [-0.4, -0.2) is 5.88 Å². The van der Waals surface area contributed by atoms with Gasteiger partial charge in [0, 0.05) is 18.5 Å². The van der Waals surface area contributed by atoms with E-state index in [1.165, 1.54) is 22.3 Å². The van der Waals surface area contributed by atoms with E-state index in [-0.39, 0.29) is 6.04 Å². The predicted molar refractivity (Wildman–Crippen MR) is 82.7 cm³/mol. The number of nitrogens with one attached hydrogen (secondary N) is 1. The molecule has 1 atom stereocenters. The first-order chi connectivity index (χ1) is 9.20. The number of hydrogen-bond acceptors (Lipinski definition) is 1. The molecule has 0 radical (unpaired) electrons. The lowest BCUT2D eigenvalue weighted by Crippen LogP contribution is -2.22. The molecule has 0 saturated carbocycles. The quantitative estimate of drug-likeness (QED) is 0.798. The molecule has 1 unspecified atom stereocenters. The Morgan fingerprint density at radius 1 is 1.05 bits per heavy atom. The second-order valence-corrected chi connectivity index (χ2v) is 5.24. The highest BCUT2D eigenvalue weighted by Crippen LogP contribution is 2.16. The molecular formula is C17H20ClN. The normalized spacial score (nSPS) is 12.4. The van der Waals surface area contributed by atoms with Crippen molar-refractivity contribution in [3.8, 4) is 0 Å². The third-order valence-electron chi connectivity index (χ3n) is 3.40. The van der Waals surface area contributed by atoms with Gasteiger partial charge in [0.05, 0.1) is 0 Å². The van der Waals surface area contributed by atoms with Gasteiger partial charge in [-0.15, -0.1) is 11.6 Å². The molecule has 0 aromatic heterocycles. The van der Waals surface area contributed by atoms with E-state index in [1.807, 2.05) is 6.07 Å². The maximum absolute atomic E-state index is 6.08. The number of aryl methyl sites for hydroxylation is 2. The molecule has 2 rings (SSSR count). The Morgan fingerprint density at radius 2 is 1.79 bits per heavy atom. The second-order valence-electron chi connectivity index (χ2n) is 4.93. The van der Waals surface area contributed by atoms with Crippen molar-refractivity contribution >= 4 is 11.6 Å². The van der Waals surface area contributed by atoms with Crippen LogP contribution in [0, 0.1) is 13.8 Å². The zero-order valence-electron chi connectivity index (χ0n) is 11.5. The van der Waals surface area contributed by atoms with E-state index >= 15 is 0 Å². The molecule has 2 heteroatoms. The average molecular weight is 274 g/mol. The highest BCUT2D eigenvalue weighted by atomic mass is 35.5. The van der Waals surface area contributed by atoms with Gasteiger partial charge in [-0.1, -0.05) is 54.1 Å². The Labute approximate surface area is 120 Å². The van der Waals surface area contributed by atoms with E-state index in [4.69, 9.17) is 11.6 Å². The van der Waals surface area contributed by atoms with E-state index < -0.39 is 0 Å². The Morgan fingerprint density at radius 3 is 2.47 bits per heavy atom. The van der Waals surface area contributed by atoms with Crippen molar-refractivity contribution in [2.45, 2.75) is 26.4 Å². The van der Waals surface area contributed by atoms with Crippen LogP contribution in [0.15, 0.2) is 48.5 Å². The summed E-state index contributed by atoms with van der Waals surface area (Å²) in [5.41, 5.74) is 5.19. The number of hydrogen-bond donors (Lipinski definition) is 1. The monoisotopic (exact) mass is 273 g/mol. The predicted octanol–water partition coefficient (Wildman–Crippen LogP) is 4.37. The molecule has 0 aliphatic carbocycles. The number of halogens is 1. The summed E-state index contributed by atoms with van der Waals surface area (Å²) in [5, 5.41) is 3.54. The Balaban J connectivity index is 2.06. The lowest BCUT2D eigenvalue weighted by atomic mass is 10.0. The van der Waals surface area contributed by atoms with E-state index in [2.05, 4.69) is 61.6 Å². The first-order valence-corrected chi connectivity index (χ1v) is 7.14. The zero-order valence-corrected chi connectivity index (χ0v) is 12.2. The number of rotatable bonds is 5. The molecule has 0 spiro atoms. The molecule has 0 heterocycles. The van der Waals surface area contributed by atoms with Gasteiger partial charge < -0.3 is 5.32 Å². The summed E-state index contributed by atoms with van der Waals surface area (Å²) >= 11 is 6.08. The summed E-state index contributed by atoms with van der Waals surface area (Å²) < 4.78 is 0. The minimum Gasteiger partial charge on any atom is -0.305 e. The van der Waals surface area contributed by atoms with Crippen LogP contribution in [0.5, 0.6) is 0 Å². The third kappa shape index (κ3) is 3.82. The molecule has 0 aliphatic heterocycles. The topological polar surface area (TPSA) is 12.0 Å². The molecule has 2 aromatic carbocycles. The Bertz CT molecular complexity index is 522. The van der Waals surface area contributed by atoms with Crippen LogP contribution in [-0.2, 0) is 6.54 Å². The molecule has 100 valence electrons. The maximum atomic E-state index is 6.08. The SMILES string of the molecule is Cc1ccc(C)c(CNC(CCl)c2ccccc2)c1. The molecular weight excluding hydrogens is 254 g/mol. The molecule has 19 heavy (non-hydrogen) atoms. The summed E-state index contributed by atoms with van der Waals surface area (Å²) in [7, 11) is 0. The summed E-state index contributed by atoms with van der Waals surface area (Å²) in [6.45, 7) is 5.12. The molecule has 0 aliphatic rings. The molecule has 0 saturated heterocycles. The molecule has 1 nitrogen and oxygen atoms in total. The van der Waals surface area contributed by atoms with Crippen molar-refractivity contribution < 1.29 is 0 Å². The van der Waals surface area contributed by atoms with Crippen molar-refractivity contribution in [2.24, 2.45) is 0 Å². The smallest absolute Gasteiger partial charge is 0.0460 e. The zero-order chi connectivity index (χ0) is 13.7. The fourth-order valence-electron chi connectivity index (χ4n) is 2.17. The van der Waals surface area contributed by atoms with E-state index in [0.717, 1.165) is 6.54 Å². The van der Waals surface area contributed by atoms with Gasteiger partial charge in [0.25, 0.3) is 0 Å². The Hall–Kier alpha value is -1.31. The molecule has 0 amide bonds. The van der Waals surface area contributed by atoms with Crippen LogP contribution in [0.2, 0.25) is 0 Å². The van der Waals surface area contributed by atoms with Crippen molar-refractivity contribution in [2.75, 3.05) is 5.88 Å². The molecule has 1 N–H and O–H groups in total. The maximum Gasteiger partial charge on any atom is 0.0460 e. The van der Waals surface area contributed by atoms with E-state index in [1.54, 1.807) is 0 Å². The standard InChI is InChI=1S/C17H20ClN/c1-13-8-9-14(2)16(10-13)12-19-17(11-18)15-6-4-3-5-7-15/h3-10,17,19H,11-12H2,1-2H3. The largest absolute Gasteiger partial charge is 0.305 e. The van der Waals surface area contributed by atoms with Gasteiger partial charge in [-0.3, -0.25) is 0 Å². The third-order valence-corrected chi connectivity index (χ3v) is 3.71. The molecule has 2 aromatic rings. The molecule has 0 fully saturated rings. The van der Waals surface area contributed by atoms with Crippen LogP contribution in [0.25, 0.3) is 0 Å². The molecule has 0 bridgehead atoms. The van der Waals surface area contributed by atoms with Crippen LogP contribution in [0.4, 0.5) is 0 Å². The Kier molecular flexibility index (Phi) is 5.00. The summed E-state index contributed by atoms with van der Waals surface area (Å²) in [6, 6.07) is 17.1. The average Bonchev–Trinajstić information content (AvgIpc) is 2.44. The van der Waals surface area contributed by atoms with E-state index in [9.17, 15) is 0 Å². The van der Waals surface area contributed by atoms with Gasteiger partial charge in [0.2, 0.25) is 0 Å². The first kappa shape index (κ1) is 14.1. The fraction of sp³-hybridized carbons (Fsp3) is 0.294.